The third-order valence-corrected chi connectivity index (χ3v) is 3.24. The highest BCUT2D eigenvalue weighted by Gasteiger charge is 2.18. The van der Waals surface area contributed by atoms with Crippen LogP contribution in [0.1, 0.15) is 35.1 Å². The van der Waals surface area contributed by atoms with E-state index in [1.807, 2.05) is 24.3 Å². The van der Waals surface area contributed by atoms with Crippen molar-refractivity contribution in [1.82, 2.24) is 20.3 Å². The van der Waals surface area contributed by atoms with Crippen LogP contribution >= 0.6 is 0 Å². The third-order valence-electron chi connectivity index (χ3n) is 3.24. The van der Waals surface area contributed by atoms with Crippen LogP contribution in [-0.4, -0.2) is 44.3 Å². The molecule has 0 aliphatic carbocycles. The zero-order valence-corrected chi connectivity index (χ0v) is 12.5. The van der Waals surface area contributed by atoms with Crippen molar-refractivity contribution in [3.63, 3.8) is 0 Å². The molecule has 0 atom stereocenters. The van der Waals surface area contributed by atoms with Crippen LogP contribution in [0.15, 0.2) is 24.3 Å². The number of rotatable bonds is 7. The summed E-state index contributed by atoms with van der Waals surface area (Å²) >= 11 is 0. The predicted molar refractivity (Wildman–Crippen MR) is 80.7 cm³/mol. The van der Waals surface area contributed by atoms with Gasteiger partial charge in [0, 0.05) is 13.2 Å². The fraction of sp³-hybridized carbons (Fsp3) is 0.400. The number of hydrogen-bond donors (Lipinski definition) is 3. The van der Waals surface area contributed by atoms with Gasteiger partial charge in [-0.05, 0) is 30.5 Å². The van der Waals surface area contributed by atoms with Gasteiger partial charge >= 0.3 is 0 Å². The van der Waals surface area contributed by atoms with Crippen LogP contribution in [-0.2, 0) is 13.0 Å². The Labute approximate surface area is 128 Å². The monoisotopic (exact) mass is 304 g/mol. The Morgan fingerprint density at radius 1 is 1.23 bits per heavy atom. The van der Waals surface area contributed by atoms with E-state index in [1.54, 1.807) is 0 Å². The van der Waals surface area contributed by atoms with Gasteiger partial charge in [-0.3, -0.25) is 4.79 Å². The molecule has 2 rings (SSSR count). The number of nitrogens with one attached hydrogen (secondary N) is 1. The van der Waals surface area contributed by atoms with Crippen LogP contribution in [0.3, 0.4) is 0 Å². The molecular formula is C15H20N4O3. The van der Waals surface area contributed by atoms with Crippen molar-refractivity contribution in [2.45, 2.75) is 26.4 Å². The second-order valence-corrected chi connectivity index (χ2v) is 4.80. The Hall–Kier alpha value is -2.25. The van der Waals surface area contributed by atoms with Gasteiger partial charge in [-0.1, -0.05) is 19.1 Å². The lowest BCUT2D eigenvalue weighted by Gasteiger charge is -2.02. The fourth-order valence-electron chi connectivity index (χ4n) is 1.96. The van der Waals surface area contributed by atoms with Crippen LogP contribution in [0.2, 0.25) is 0 Å². The van der Waals surface area contributed by atoms with E-state index in [4.69, 9.17) is 5.11 Å². The van der Waals surface area contributed by atoms with Crippen molar-refractivity contribution in [2.75, 3.05) is 13.2 Å². The maximum Gasteiger partial charge on any atom is 0.273 e. The summed E-state index contributed by atoms with van der Waals surface area (Å²) in [4.78, 5) is 13.4. The molecule has 7 heteroatoms. The molecule has 1 heterocycles. The highest BCUT2D eigenvalue weighted by Crippen LogP contribution is 2.11. The Morgan fingerprint density at radius 3 is 2.55 bits per heavy atom. The van der Waals surface area contributed by atoms with E-state index in [0.29, 0.717) is 13.0 Å². The van der Waals surface area contributed by atoms with Gasteiger partial charge in [0.15, 0.2) is 5.69 Å². The average Bonchev–Trinajstić information content (AvgIpc) is 2.99. The van der Waals surface area contributed by atoms with Crippen molar-refractivity contribution in [3.05, 3.63) is 41.2 Å². The highest BCUT2D eigenvalue weighted by molar-refractivity contribution is 5.93. The van der Waals surface area contributed by atoms with Crippen molar-refractivity contribution in [1.29, 1.82) is 0 Å². The van der Waals surface area contributed by atoms with E-state index in [2.05, 4.69) is 22.4 Å². The molecule has 1 aromatic carbocycles. The van der Waals surface area contributed by atoms with Gasteiger partial charge in [0.2, 0.25) is 0 Å². The van der Waals surface area contributed by atoms with Gasteiger partial charge in [0.05, 0.1) is 12.3 Å². The molecule has 3 N–H and O–H groups in total. The highest BCUT2D eigenvalue weighted by atomic mass is 16.3. The van der Waals surface area contributed by atoms with Gasteiger partial charge in [-0.2, -0.15) is 4.80 Å². The molecule has 0 bridgehead atoms. The van der Waals surface area contributed by atoms with E-state index < -0.39 is 5.91 Å². The minimum absolute atomic E-state index is 0.00358. The number of carbonyl (C=O) groups excluding carboxylic acids is 1. The van der Waals surface area contributed by atoms with E-state index >= 15 is 0 Å². The summed E-state index contributed by atoms with van der Waals surface area (Å²) in [5.41, 5.74) is 2.24. The van der Waals surface area contributed by atoms with Crippen molar-refractivity contribution < 1.29 is 15.0 Å². The normalized spacial score (nSPS) is 10.7. The van der Waals surface area contributed by atoms with Gasteiger partial charge in [-0.15, -0.1) is 10.2 Å². The van der Waals surface area contributed by atoms with Gasteiger partial charge in [-0.25, -0.2) is 0 Å². The first-order valence-corrected chi connectivity index (χ1v) is 7.25. The van der Waals surface area contributed by atoms with Crippen LogP contribution in [0.4, 0.5) is 0 Å². The van der Waals surface area contributed by atoms with E-state index in [9.17, 15) is 9.90 Å². The fourth-order valence-corrected chi connectivity index (χ4v) is 1.96. The molecule has 0 radical (unpaired) electrons. The smallest absolute Gasteiger partial charge is 0.273 e. The second kappa shape index (κ2) is 7.67. The number of benzene rings is 1. The molecule has 22 heavy (non-hydrogen) atoms. The van der Waals surface area contributed by atoms with Gasteiger partial charge in [0.25, 0.3) is 5.91 Å². The number of hydrogen-bond acceptors (Lipinski definition) is 5. The molecule has 1 amide bonds. The summed E-state index contributed by atoms with van der Waals surface area (Å²) in [7, 11) is 0. The molecule has 7 nitrogen and oxygen atoms in total. The molecule has 1 aromatic heterocycles. The summed E-state index contributed by atoms with van der Waals surface area (Å²) in [5, 5.41) is 29.0. The molecule has 0 saturated carbocycles. The number of aliphatic hydroxyl groups excluding tert-OH is 2. The summed E-state index contributed by atoms with van der Waals surface area (Å²) < 4.78 is 0. The quantitative estimate of drug-likeness (QED) is 0.644. The van der Waals surface area contributed by atoms with Gasteiger partial charge < -0.3 is 15.5 Å². The lowest BCUT2D eigenvalue weighted by Crippen LogP contribution is -2.26. The maximum absolute atomic E-state index is 12.0. The lowest BCUT2D eigenvalue weighted by molar-refractivity contribution is 0.0942. The van der Waals surface area contributed by atoms with Crippen molar-refractivity contribution in [3.8, 4) is 5.69 Å². The van der Waals surface area contributed by atoms with Crippen molar-refractivity contribution >= 4 is 5.91 Å². The zero-order chi connectivity index (χ0) is 15.9. The number of aliphatic hydroxyl groups is 2. The predicted octanol–water partition coefficient (Wildman–Crippen LogP) is 0.434. The summed E-state index contributed by atoms with van der Waals surface area (Å²) in [6, 6.07) is 7.68. The van der Waals surface area contributed by atoms with Crippen molar-refractivity contribution in [2.24, 2.45) is 0 Å². The number of nitrogens with zero attached hydrogens (tertiary/aromatic N) is 3. The number of aromatic nitrogens is 3. The first kappa shape index (κ1) is 16.1. The summed E-state index contributed by atoms with van der Waals surface area (Å²) in [6.45, 7) is 2.05. The topological polar surface area (TPSA) is 100 Å². The standard InChI is InChI=1S/C15H20N4O3/c1-2-11-4-6-12(7-5-11)19-17-13(10-21)14(18-19)15(22)16-8-3-9-20/h4-7,20-21H,2-3,8-10H2,1H3,(H,16,22). The second-order valence-electron chi connectivity index (χ2n) is 4.80. The minimum atomic E-state index is -0.408. The van der Waals surface area contributed by atoms with Gasteiger partial charge in [0.1, 0.15) is 5.69 Å². The Bertz CT molecular complexity index is 622. The summed E-state index contributed by atoms with van der Waals surface area (Å²) in [6.07, 6.45) is 1.40. The molecule has 118 valence electrons. The first-order chi connectivity index (χ1) is 10.7. The van der Waals surface area contributed by atoms with Crippen LogP contribution in [0, 0.1) is 0 Å². The number of carbonyl (C=O) groups is 1. The Balaban J connectivity index is 2.21. The largest absolute Gasteiger partial charge is 0.396 e. The average molecular weight is 304 g/mol. The van der Waals surface area contributed by atoms with Crippen LogP contribution in [0.5, 0.6) is 0 Å². The van der Waals surface area contributed by atoms with E-state index in [-0.39, 0.29) is 24.6 Å². The minimum Gasteiger partial charge on any atom is -0.396 e. The number of amides is 1. The molecule has 2 aromatic rings. The molecule has 0 fully saturated rings. The SMILES string of the molecule is CCc1ccc(-n2nc(CO)c(C(=O)NCCCO)n2)cc1. The maximum atomic E-state index is 12.0. The Kier molecular flexibility index (Phi) is 5.62. The first-order valence-electron chi connectivity index (χ1n) is 7.25. The molecule has 0 spiro atoms. The summed E-state index contributed by atoms with van der Waals surface area (Å²) in [5.74, 6) is -0.408. The van der Waals surface area contributed by atoms with Crippen LogP contribution in [0.25, 0.3) is 5.69 Å². The van der Waals surface area contributed by atoms with E-state index in [1.165, 1.54) is 10.4 Å². The number of aryl methyl sites for hydroxylation is 1. The van der Waals surface area contributed by atoms with Crippen LogP contribution < -0.4 is 5.32 Å². The van der Waals surface area contributed by atoms with E-state index in [0.717, 1.165) is 12.1 Å². The Morgan fingerprint density at radius 2 is 1.95 bits per heavy atom. The zero-order valence-electron chi connectivity index (χ0n) is 12.5. The lowest BCUT2D eigenvalue weighted by atomic mass is 10.2. The molecule has 0 aliphatic rings. The molecular weight excluding hydrogens is 284 g/mol. The molecule has 0 aliphatic heterocycles. The molecule has 0 saturated heterocycles. The molecule has 0 unspecified atom stereocenters. The third kappa shape index (κ3) is 3.69.